The van der Waals surface area contributed by atoms with Crippen molar-refractivity contribution in [2.24, 2.45) is 0 Å². The number of unbranched alkanes of at least 4 members (excludes halogenated alkanes) is 2. The molecule has 0 N–H and O–H groups in total. The summed E-state index contributed by atoms with van der Waals surface area (Å²) in [5, 5.41) is 0. The molecule has 0 heterocycles. The van der Waals surface area contributed by atoms with Crippen molar-refractivity contribution in [1.82, 2.24) is 0 Å². The molecule has 0 saturated heterocycles. The Kier molecular flexibility index (Phi) is 6.99. The van der Waals surface area contributed by atoms with E-state index in [1.165, 1.54) is 38.5 Å². The van der Waals surface area contributed by atoms with E-state index < -0.39 is 0 Å². The summed E-state index contributed by atoms with van der Waals surface area (Å²) in [5.74, 6) is 0. The van der Waals surface area contributed by atoms with Crippen molar-refractivity contribution in [2.75, 3.05) is 0 Å². The van der Waals surface area contributed by atoms with Gasteiger partial charge >= 0.3 is 189 Å². The molecule has 0 spiro atoms. The number of hydrogen-bond donors (Lipinski definition) is 0. The third-order valence-corrected chi connectivity index (χ3v) is 14.0. The number of hydrogen-bond acceptors (Lipinski definition) is 0. The second-order valence-electron chi connectivity index (χ2n) is 7.99. The third-order valence-electron chi connectivity index (χ3n) is 6.20. The first kappa shape index (κ1) is 21.0. The Morgan fingerprint density at radius 3 is 1.62 bits per heavy atom. The van der Waals surface area contributed by atoms with Crippen molar-refractivity contribution in [3.63, 3.8) is 0 Å². The average molecular weight is 512 g/mol. The van der Waals surface area contributed by atoms with Crippen LogP contribution in [0, 0.1) is 0 Å². The molecule has 4 rings (SSSR count). The Morgan fingerprint density at radius 1 is 0.655 bits per heavy atom. The predicted octanol–water partition coefficient (Wildman–Crippen LogP) is 5.47. The molecule has 0 bridgehead atoms. The van der Waals surface area contributed by atoms with Crippen molar-refractivity contribution in [1.29, 1.82) is 0 Å². The molecule has 1 aliphatic rings. The molecule has 1 atom stereocenters. The van der Waals surface area contributed by atoms with E-state index in [2.05, 4.69) is 97.9 Å². The van der Waals surface area contributed by atoms with Crippen LogP contribution >= 0.6 is 0 Å². The van der Waals surface area contributed by atoms with Crippen LogP contribution in [0.5, 0.6) is 0 Å². The molecule has 0 unspecified atom stereocenters. The van der Waals surface area contributed by atoms with Crippen molar-refractivity contribution >= 4 is 38.8 Å². The van der Waals surface area contributed by atoms with Gasteiger partial charge in [-0.2, -0.15) is 0 Å². The molecular formula is C27H30Se2. The van der Waals surface area contributed by atoms with Crippen LogP contribution in [0.2, 0.25) is 3.21 Å². The standard InChI is InChI=1S/C27H30Se2/c1-2-3-13-20-26(23-14-7-4-8-15-23)21-22-27(26,28-24-16-9-5-10-17-24)29-25-18-11-6-12-19-25/h4-12,14-19H,2-3,13,20-22H2,1H3/t26-/m1/s1. The van der Waals surface area contributed by atoms with Crippen LogP contribution in [0.3, 0.4) is 0 Å². The molecular weight excluding hydrogens is 482 g/mol. The fourth-order valence-corrected chi connectivity index (χ4v) is 13.1. The minimum absolute atomic E-state index is 0.342. The Hall–Kier alpha value is -1.30. The van der Waals surface area contributed by atoms with E-state index >= 15 is 0 Å². The summed E-state index contributed by atoms with van der Waals surface area (Å²) in [7, 11) is 0. The van der Waals surface area contributed by atoms with E-state index in [1.54, 1.807) is 14.5 Å². The van der Waals surface area contributed by atoms with E-state index in [-0.39, 0.29) is 0 Å². The first-order chi connectivity index (χ1) is 14.3. The second-order valence-corrected chi connectivity index (χ2v) is 15.1. The van der Waals surface area contributed by atoms with E-state index in [4.69, 9.17) is 0 Å². The fourth-order valence-electron chi connectivity index (χ4n) is 4.56. The van der Waals surface area contributed by atoms with Crippen LogP contribution in [0.25, 0.3) is 0 Å². The zero-order chi connectivity index (χ0) is 20.0. The molecule has 0 amide bonds. The monoisotopic (exact) mass is 514 g/mol. The van der Waals surface area contributed by atoms with Crippen molar-refractivity contribution in [3.05, 3.63) is 96.6 Å². The zero-order valence-electron chi connectivity index (χ0n) is 17.2. The Morgan fingerprint density at radius 2 is 1.17 bits per heavy atom. The molecule has 0 radical (unpaired) electrons. The van der Waals surface area contributed by atoms with Gasteiger partial charge in [0.25, 0.3) is 0 Å². The van der Waals surface area contributed by atoms with Gasteiger partial charge in [-0.15, -0.1) is 0 Å². The maximum atomic E-state index is 2.42. The summed E-state index contributed by atoms with van der Waals surface area (Å²) in [5.41, 5.74) is 1.94. The molecule has 3 aromatic carbocycles. The Balaban J connectivity index is 1.76. The molecule has 1 aliphatic carbocycles. The first-order valence-electron chi connectivity index (χ1n) is 10.8. The Bertz CT molecular complexity index is 835. The summed E-state index contributed by atoms with van der Waals surface area (Å²) < 4.78 is 3.55. The van der Waals surface area contributed by atoms with Crippen molar-refractivity contribution < 1.29 is 0 Å². The van der Waals surface area contributed by atoms with Gasteiger partial charge in [-0.05, 0) is 0 Å². The van der Waals surface area contributed by atoms with E-state index in [9.17, 15) is 0 Å². The molecule has 150 valence electrons. The van der Waals surface area contributed by atoms with Crippen LogP contribution in [0.15, 0.2) is 91.0 Å². The van der Waals surface area contributed by atoms with Gasteiger partial charge < -0.3 is 0 Å². The van der Waals surface area contributed by atoms with Gasteiger partial charge in [-0.1, -0.05) is 0 Å². The van der Waals surface area contributed by atoms with Gasteiger partial charge in [0.2, 0.25) is 0 Å². The minimum atomic E-state index is 0.342. The summed E-state index contributed by atoms with van der Waals surface area (Å²) in [6.07, 6.45) is 8.06. The van der Waals surface area contributed by atoms with Crippen molar-refractivity contribution in [2.45, 2.75) is 54.1 Å². The van der Waals surface area contributed by atoms with Crippen LogP contribution in [0.4, 0.5) is 0 Å². The summed E-state index contributed by atoms with van der Waals surface area (Å²) in [6.45, 7) is 2.32. The van der Waals surface area contributed by atoms with Gasteiger partial charge in [-0.3, -0.25) is 0 Å². The van der Waals surface area contributed by atoms with Crippen LogP contribution in [-0.4, -0.2) is 29.9 Å². The molecule has 0 aromatic heterocycles. The zero-order valence-corrected chi connectivity index (χ0v) is 20.6. The molecule has 2 heteroatoms. The molecule has 1 fully saturated rings. The first-order valence-corrected chi connectivity index (χ1v) is 14.2. The topological polar surface area (TPSA) is 0 Å². The summed E-state index contributed by atoms with van der Waals surface area (Å²) >= 11 is 0.953. The van der Waals surface area contributed by atoms with Crippen LogP contribution in [-0.2, 0) is 5.41 Å². The van der Waals surface area contributed by atoms with Gasteiger partial charge in [0, 0.05) is 0 Å². The van der Waals surface area contributed by atoms with Gasteiger partial charge in [0.15, 0.2) is 0 Å². The van der Waals surface area contributed by atoms with Gasteiger partial charge in [-0.25, -0.2) is 0 Å². The van der Waals surface area contributed by atoms with E-state index in [0.29, 0.717) is 38.5 Å². The molecule has 0 nitrogen and oxygen atoms in total. The maximum absolute atomic E-state index is 2.42. The molecule has 29 heavy (non-hydrogen) atoms. The van der Waals surface area contributed by atoms with E-state index in [1.807, 2.05) is 0 Å². The average Bonchev–Trinajstić information content (AvgIpc) is 2.77. The Labute approximate surface area is 188 Å². The second kappa shape index (κ2) is 9.67. The normalized spacial score (nSPS) is 20.2. The summed E-state index contributed by atoms with van der Waals surface area (Å²) in [6, 6.07) is 34.2. The SMILES string of the molecule is CCCCC[C@]1(c2ccccc2)CCC1([Se]c1ccccc1)[Se]c1ccccc1. The van der Waals surface area contributed by atoms with Crippen LogP contribution < -0.4 is 8.92 Å². The predicted molar refractivity (Wildman–Crippen MR) is 128 cm³/mol. The van der Waals surface area contributed by atoms with Gasteiger partial charge in [0.05, 0.1) is 0 Å². The van der Waals surface area contributed by atoms with E-state index in [0.717, 1.165) is 0 Å². The molecule has 1 saturated carbocycles. The molecule has 3 aromatic rings. The summed E-state index contributed by atoms with van der Waals surface area (Å²) in [4.78, 5) is 0. The van der Waals surface area contributed by atoms with Gasteiger partial charge in [0.1, 0.15) is 0 Å². The van der Waals surface area contributed by atoms with Crippen LogP contribution in [0.1, 0.15) is 51.0 Å². The number of rotatable bonds is 9. The fraction of sp³-hybridized carbons (Fsp3) is 0.333. The van der Waals surface area contributed by atoms with Crippen molar-refractivity contribution in [3.8, 4) is 0 Å². The third kappa shape index (κ3) is 4.42. The number of benzene rings is 3. The molecule has 0 aliphatic heterocycles. The quantitative estimate of drug-likeness (QED) is 0.263.